The molecule has 0 bridgehead atoms. The Morgan fingerprint density at radius 3 is 2.67 bits per heavy atom. The second-order valence-electron chi connectivity index (χ2n) is 6.48. The summed E-state index contributed by atoms with van der Waals surface area (Å²) in [6.45, 7) is 2.88. The van der Waals surface area contributed by atoms with Gasteiger partial charge in [-0.05, 0) is 45.3 Å². The maximum absolute atomic E-state index is 12.5. The number of nitrogens with one attached hydrogen (secondary N) is 1. The number of benzene rings is 1. The number of carbonyl (C=O) groups excluding carboxylic acids is 1. The number of nitrogens with zero attached hydrogens (tertiary/aromatic N) is 3. The monoisotopic (exact) mass is 324 g/mol. The van der Waals surface area contributed by atoms with E-state index in [1.807, 2.05) is 13.0 Å². The van der Waals surface area contributed by atoms with Gasteiger partial charge in [-0.15, -0.1) is 0 Å². The van der Waals surface area contributed by atoms with Gasteiger partial charge in [0.15, 0.2) is 0 Å². The number of hydrogen-bond donors (Lipinski definition) is 1. The standard InChI is InChI=1S/C19H24N4O/c1-14-20-12-16(13-21-14)19(24)22-17-9-6-10-23(2)18(17)11-15-7-4-3-5-8-15/h3-5,7-8,12-13,17-18H,6,9-11H2,1-2H3,(H,22,24)/t17-,18-/m0/s1. The van der Waals surface area contributed by atoms with Gasteiger partial charge in [0, 0.05) is 24.5 Å². The Morgan fingerprint density at radius 2 is 1.96 bits per heavy atom. The molecule has 3 rings (SSSR count). The molecule has 0 saturated carbocycles. The minimum atomic E-state index is -0.0895. The molecular formula is C19H24N4O. The number of likely N-dealkylation sites (tertiary alicyclic amines) is 1. The Bertz CT molecular complexity index is 672. The van der Waals surface area contributed by atoms with Crippen LogP contribution in [0.4, 0.5) is 0 Å². The molecule has 24 heavy (non-hydrogen) atoms. The number of rotatable bonds is 4. The number of carbonyl (C=O) groups is 1. The van der Waals surface area contributed by atoms with Crippen LogP contribution in [0.5, 0.6) is 0 Å². The predicted molar refractivity (Wildman–Crippen MR) is 93.8 cm³/mol. The van der Waals surface area contributed by atoms with Gasteiger partial charge >= 0.3 is 0 Å². The maximum atomic E-state index is 12.5. The molecule has 1 fully saturated rings. The van der Waals surface area contributed by atoms with Gasteiger partial charge in [-0.2, -0.15) is 0 Å². The predicted octanol–water partition coefficient (Wildman–Crippen LogP) is 2.22. The van der Waals surface area contributed by atoms with Gasteiger partial charge in [-0.3, -0.25) is 4.79 Å². The lowest BCUT2D eigenvalue weighted by molar-refractivity contribution is 0.0851. The number of hydrogen-bond acceptors (Lipinski definition) is 4. The lowest BCUT2D eigenvalue weighted by Crippen LogP contribution is -2.54. The summed E-state index contributed by atoms with van der Waals surface area (Å²) in [6, 6.07) is 10.9. The summed E-state index contributed by atoms with van der Waals surface area (Å²) in [4.78, 5) is 23.1. The summed E-state index contributed by atoms with van der Waals surface area (Å²) in [7, 11) is 2.14. The molecule has 1 N–H and O–H groups in total. The van der Waals surface area contributed by atoms with E-state index < -0.39 is 0 Å². The number of aryl methyl sites for hydroxylation is 1. The zero-order valence-electron chi connectivity index (χ0n) is 14.3. The smallest absolute Gasteiger partial charge is 0.254 e. The molecule has 1 saturated heterocycles. The third-order valence-electron chi connectivity index (χ3n) is 4.70. The molecule has 1 amide bonds. The van der Waals surface area contributed by atoms with Gasteiger partial charge < -0.3 is 10.2 Å². The van der Waals surface area contributed by atoms with Crippen molar-refractivity contribution in [2.24, 2.45) is 0 Å². The Hall–Kier alpha value is -2.27. The average molecular weight is 324 g/mol. The first-order chi connectivity index (χ1) is 11.6. The van der Waals surface area contributed by atoms with Crippen molar-refractivity contribution in [3.8, 4) is 0 Å². The van der Waals surface area contributed by atoms with Gasteiger partial charge in [0.2, 0.25) is 0 Å². The van der Waals surface area contributed by atoms with Crippen LogP contribution in [-0.4, -0.2) is 46.5 Å². The third kappa shape index (κ3) is 3.97. The van der Waals surface area contributed by atoms with Gasteiger partial charge in [-0.25, -0.2) is 9.97 Å². The zero-order chi connectivity index (χ0) is 16.9. The Labute approximate surface area is 143 Å². The molecule has 5 heteroatoms. The summed E-state index contributed by atoms with van der Waals surface area (Å²) in [5.74, 6) is 0.583. The molecule has 0 spiro atoms. The topological polar surface area (TPSA) is 58.1 Å². The van der Waals surface area contributed by atoms with Crippen LogP contribution in [0.2, 0.25) is 0 Å². The van der Waals surface area contributed by atoms with E-state index in [4.69, 9.17) is 0 Å². The second-order valence-corrected chi connectivity index (χ2v) is 6.48. The van der Waals surface area contributed by atoms with Crippen molar-refractivity contribution >= 4 is 5.91 Å². The first-order valence-corrected chi connectivity index (χ1v) is 8.47. The minimum Gasteiger partial charge on any atom is -0.348 e. The lowest BCUT2D eigenvalue weighted by atomic mass is 9.91. The highest BCUT2D eigenvalue weighted by molar-refractivity contribution is 5.93. The SMILES string of the molecule is Cc1ncc(C(=O)N[C@H]2CCCN(C)[C@H]2Cc2ccccc2)cn1. The first-order valence-electron chi connectivity index (χ1n) is 8.47. The van der Waals surface area contributed by atoms with E-state index in [2.05, 4.69) is 51.5 Å². The van der Waals surface area contributed by atoms with Crippen molar-refractivity contribution in [3.63, 3.8) is 0 Å². The molecule has 1 aliphatic heterocycles. The maximum Gasteiger partial charge on any atom is 0.254 e. The van der Waals surface area contributed by atoms with Crippen molar-refractivity contribution in [3.05, 3.63) is 59.7 Å². The molecule has 1 aliphatic rings. The molecule has 1 aromatic carbocycles. The third-order valence-corrected chi connectivity index (χ3v) is 4.70. The summed E-state index contributed by atoms with van der Waals surface area (Å²) in [5, 5.41) is 3.19. The van der Waals surface area contributed by atoms with Gasteiger partial charge in [0.25, 0.3) is 5.91 Å². The Morgan fingerprint density at radius 1 is 1.25 bits per heavy atom. The summed E-state index contributed by atoms with van der Waals surface area (Å²) < 4.78 is 0. The van der Waals surface area contributed by atoms with Crippen LogP contribution in [-0.2, 0) is 6.42 Å². The molecule has 2 atom stereocenters. The fourth-order valence-electron chi connectivity index (χ4n) is 3.31. The van der Waals surface area contributed by atoms with Crippen LogP contribution in [0.3, 0.4) is 0 Å². The largest absolute Gasteiger partial charge is 0.348 e. The van der Waals surface area contributed by atoms with E-state index >= 15 is 0 Å². The summed E-state index contributed by atoms with van der Waals surface area (Å²) in [5.41, 5.74) is 1.82. The Balaban J connectivity index is 1.71. The van der Waals surface area contributed by atoms with Gasteiger partial charge in [0.05, 0.1) is 5.56 Å². The molecule has 2 aromatic rings. The fourth-order valence-corrected chi connectivity index (χ4v) is 3.31. The van der Waals surface area contributed by atoms with Crippen LogP contribution in [0.25, 0.3) is 0 Å². The van der Waals surface area contributed by atoms with Crippen LogP contribution >= 0.6 is 0 Å². The van der Waals surface area contributed by atoms with E-state index in [9.17, 15) is 4.79 Å². The molecule has 0 radical (unpaired) electrons. The normalized spacial score (nSPS) is 21.4. The van der Waals surface area contributed by atoms with Crippen LogP contribution in [0.15, 0.2) is 42.7 Å². The van der Waals surface area contributed by atoms with E-state index in [1.165, 1.54) is 5.56 Å². The number of aromatic nitrogens is 2. The highest BCUT2D eigenvalue weighted by Gasteiger charge is 2.30. The second kappa shape index (κ2) is 7.53. The lowest BCUT2D eigenvalue weighted by Gasteiger charge is -2.39. The highest BCUT2D eigenvalue weighted by atomic mass is 16.1. The van der Waals surface area contributed by atoms with E-state index in [0.717, 1.165) is 25.8 Å². The zero-order valence-corrected chi connectivity index (χ0v) is 14.3. The quantitative estimate of drug-likeness (QED) is 0.937. The molecule has 0 aliphatic carbocycles. The van der Waals surface area contributed by atoms with E-state index in [0.29, 0.717) is 17.4 Å². The summed E-state index contributed by atoms with van der Waals surface area (Å²) in [6.07, 6.45) is 6.22. The van der Waals surface area contributed by atoms with Gasteiger partial charge in [-0.1, -0.05) is 30.3 Å². The van der Waals surface area contributed by atoms with Crippen molar-refractivity contribution in [2.75, 3.05) is 13.6 Å². The first kappa shape index (κ1) is 16.6. The van der Waals surface area contributed by atoms with Gasteiger partial charge in [0.1, 0.15) is 5.82 Å². The molecule has 126 valence electrons. The molecule has 1 aromatic heterocycles. The summed E-state index contributed by atoms with van der Waals surface area (Å²) >= 11 is 0. The number of piperidine rings is 1. The molecule has 0 unspecified atom stereocenters. The van der Waals surface area contributed by atoms with Crippen LogP contribution in [0, 0.1) is 6.92 Å². The van der Waals surface area contributed by atoms with Crippen molar-refractivity contribution < 1.29 is 4.79 Å². The van der Waals surface area contributed by atoms with Crippen molar-refractivity contribution in [1.29, 1.82) is 0 Å². The minimum absolute atomic E-state index is 0.0895. The van der Waals surface area contributed by atoms with E-state index in [1.54, 1.807) is 12.4 Å². The average Bonchev–Trinajstić information content (AvgIpc) is 2.59. The Kier molecular flexibility index (Phi) is 5.20. The van der Waals surface area contributed by atoms with Crippen molar-refractivity contribution in [2.45, 2.75) is 38.3 Å². The highest BCUT2D eigenvalue weighted by Crippen LogP contribution is 2.20. The van der Waals surface area contributed by atoms with E-state index in [-0.39, 0.29) is 11.9 Å². The van der Waals surface area contributed by atoms with Crippen LogP contribution < -0.4 is 5.32 Å². The van der Waals surface area contributed by atoms with Crippen LogP contribution in [0.1, 0.15) is 34.6 Å². The number of likely N-dealkylation sites (N-methyl/N-ethyl adjacent to an activating group) is 1. The molecular weight excluding hydrogens is 300 g/mol. The molecule has 5 nitrogen and oxygen atoms in total. The van der Waals surface area contributed by atoms with Crippen molar-refractivity contribution in [1.82, 2.24) is 20.2 Å². The number of amides is 1. The molecule has 2 heterocycles. The fraction of sp³-hybridized carbons (Fsp3) is 0.421.